The summed E-state index contributed by atoms with van der Waals surface area (Å²) < 4.78 is 2.25. The van der Waals surface area contributed by atoms with Crippen molar-refractivity contribution in [2.75, 3.05) is 4.90 Å². The number of hydrogen-bond acceptors (Lipinski definition) is 5. The lowest BCUT2D eigenvalue weighted by Crippen LogP contribution is -2.17. The summed E-state index contributed by atoms with van der Waals surface area (Å²) in [4.78, 5) is 17.3. The molecule has 7 aromatic rings. The molecule has 1 aliphatic heterocycles. The van der Waals surface area contributed by atoms with E-state index in [1.54, 1.807) is 11.3 Å². The van der Waals surface area contributed by atoms with Gasteiger partial charge < -0.3 is 0 Å². The first-order chi connectivity index (χ1) is 17.9. The van der Waals surface area contributed by atoms with Gasteiger partial charge in [-0.15, -0.1) is 11.3 Å². The maximum Gasteiger partial charge on any atom is 0.235 e. The Balaban J connectivity index is 1.51. The fourth-order valence-electron chi connectivity index (χ4n) is 5.33. The Morgan fingerprint density at radius 2 is 1.42 bits per heavy atom. The van der Waals surface area contributed by atoms with Gasteiger partial charge in [0.05, 0.1) is 27.3 Å². The van der Waals surface area contributed by atoms with Gasteiger partial charge in [0.2, 0.25) is 5.95 Å². The van der Waals surface area contributed by atoms with Crippen LogP contribution < -0.4 is 4.90 Å². The highest BCUT2D eigenvalue weighted by Gasteiger charge is 2.28. The molecule has 1 aliphatic rings. The lowest BCUT2D eigenvalue weighted by atomic mass is 9.91. The smallest absolute Gasteiger partial charge is 0.235 e. The molecule has 0 unspecified atom stereocenters. The number of rotatable bonds is 2. The van der Waals surface area contributed by atoms with E-state index in [9.17, 15) is 0 Å². The van der Waals surface area contributed by atoms with Crippen molar-refractivity contribution in [3.63, 3.8) is 0 Å². The van der Waals surface area contributed by atoms with Gasteiger partial charge in [0.15, 0.2) is 0 Å². The number of hydrogen-bond donors (Lipinski definition) is 0. The number of benzene rings is 4. The largest absolute Gasteiger partial charge is 0.278 e. The minimum atomic E-state index is 0.654. The second-order valence-electron chi connectivity index (χ2n) is 8.90. The first-order valence-electron chi connectivity index (χ1n) is 11.9. The Kier molecular flexibility index (Phi) is 4.07. The van der Waals surface area contributed by atoms with Crippen LogP contribution in [0.25, 0.3) is 53.6 Å². The van der Waals surface area contributed by atoms with Gasteiger partial charge in [-0.25, -0.2) is 9.97 Å². The van der Waals surface area contributed by atoms with E-state index in [0.29, 0.717) is 5.95 Å². The molecule has 0 bridgehead atoms. The molecule has 5 heteroatoms. The van der Waals surface area contributed by atoms with E-state index in [1.165, 1.54) is 26.6 Å². The SMILES string of the molecule is c1ccc(-c2nc(N3c4ccccc4-c4cccc5cccc3c45)nc3c2sc2ccccc23)nc1. The molecular weight excluding hydrogens is 460 g/mol. The summed E-state index contributed by atoms with van der Waals surface area (Å²) in [5.41, 5.74) is 7.26. The van der Waals surface area contributed by atoms with Crippen LogP contribution in [0.15, 0.2) is 109 Å². The van der Waals surface area contributed by atoms with Crippen LogP contribution in [0.4, 0.5) is 17.3 Å². The highest BCUT2D eigenvalue weighted by molar-refractivity contribution is 7.26. The first-order valence-corrected chi connectivity index (χ1v) is 12.7. The molecule has 36 heavy (non-hydrogen) atoms. The molecule has 4 heterocycles. The van der Waals surface area contributed by atoms with Gasteiger partial charge in [-0.1, -0.05) is 72.8 Å². The number of thiophene rings is 1. The molecule has 168 valence electrons. The molecular formula is C31H18N4S. The Bertz CT molecular complexity index is 1950. The summed E-state index contributed by atoms with van der Waals surface area (Å²) in [6.45, 7) is 0. The molecule has 0 N–H and O–H groups in total. The fraction of sp³-hybridized carbons (Fsp3) is 0. The number of anilines is 3. The molecule has 3 aromatic heterocycles. The predicted molar refractivity (Wildman–Crippen MR) is 149 cm³/mol. The Morgan fingerprint density at radius 3 is 2.33 bits per heavy atom. The van der Waals surface area contributed by atoms with Crippen LogP contribution in [0.3, 0.4) is 0 Å². The molecule has 0 saturated heterocycles. The van der Waals surface area contributed by atoms with E-state index in [1.807, 2.05) is 24.4 Å². The predicted octanol–water partition coefficient (Wildman–Crippen LogP) is 8.51. The number of para-hydroxylation sites is 1. The van der Waals surface area contributed by atoms with Gasteiger partial charge in [0, 0.05) is 27.2 Å². The van der Waals surface area contributed by atoms with Crippen molar-refractivity contribution < 1.29 is 0 Å². The number of nitrogens with zero attached hydrogens (tertiary/aromatic N) is 4. The zero-order valence-corrected chi connectivity index (χ0v) is 19.9. The summed E-state index contributed by atoms with van der Waals surface area (Å²) in [5.74, 6) is 0.654. The van der Waals surface area contributed by atoms with Crippen molar-refractivity contribution in [1.29, 1.82) is 0 Å². The van der Waals surface area contributed by atoms with Crippen molar-refractivity contribution in [3.8, 4) is 22.5 Å². The molecule has 0 spiro atoms. The molecule has 0 aliphatic carbocycles. The second-order valence-corrected chi connectivity index (χ2v) is 9.95. The van der Waals surface area contributed by atoms with Gasteiger partial charge in [0.1, 0.15) is 5.69 Å². The van der Waals surface area contributed by atoms with Crippen LogP contribution in [0.1, 0.15) is 0 Å². The minimum Gasteiger partial charge on any atom is -0.278 e. The molecule has 8 rings (SSSR count). The highest BCUT2D eigenvalue weighted by atomic mass is 32.1. The van der Waals surface area contributed by atoms with Gasteiger partial charge in [-0.2, -0.15) is 0 Å². The molecule has 0 saturated carbocycles. The highest BCUT2D eigenvalue weighted by Crippen LogP contribution is 2.50. The van der Waals surface area contributed by atoms with Crippen molar-refractivity contribution in [1.82, 2.24) is 15.0 Å². The molecule has 0 fully saturated rings. The monoisotopic (exact) mass is 478 g/mol. The summed E-state index contributed by atoms with van der Waals surface area (Å²) in [5, 5.41) is 3.57. The third kappa shape index (κ3) is 2.72. The zero-order chi connectivity index (χ0) is 23.6. The molecule has 0 atom stereocenters. The van der Waals surface area contributed by atoms with Gasteiger partial charge in [-0.05, 0) is 41.3 Å². The zero-order valence-electron chi connectivity index (χ0n) is 19.1. The van der Waals surface area contributed by atoms with Crippen molar-refractivity contribution >= 4 is 59.7 Å². The lowest BCUT2D eigenvalue weighted by Gasteiger charge is -2.32. The van der Waals surface area contributed by atoms with Crippen molar-refractivity contribution in [3.05, 3.63) is 109 Å². The number of pyridine rings is 1. The topological polar surface area (TPSA) is 41.9 Å². The standard InChI is InChI=1S/C31H18N4S/c1-3-15-24-20(11-1)21-13-7-9-19-10-8-16-25(27(19)21)35(24)31-33-28-22-12-2-4-17-26(22)36-30(28)29(34-31)23-14-5-6-18-32-23/h1-18H. The normalized spacial score (nSPS) is 12.4. The van der Waals surface area contributed by atoms with Crippen LogP contribution >= 0.6 is 11.3 Å². The molecule has 0 amide bonds. The van der Waals surface area contributed by atoms with E-state index in [4.69, 9.17) is 9.97 Å². The number of fused-ring (bicyclic) bond motifs is 5. The van der Waals surface area contributed by atoms with Gasteiger partial charge >= 0.3 is 0 Å². The third-order valence-electron chi connectivity index (χ3n) is 6.87. The van der Waals surface area contributed by atoms with Crippen LogP contribution in [0.5, 0.6) is 0 Å². The van der Waals surface area contributed by atoms with E-state index < -0.39 is 0 Å². The van der Waals surface area contributed by atoms with E-state index >= 15 is 0 Å². The molecule has 4 nitrogen and oxygen atoms in total. The van der Waals surface area contributed by atoms with E-state index in [2.05, 4.69) is 94.8 Å². The lowest BCUT2D eigenvalue weighted by molar-refractivity contribution is 1.11. The van der Waals surface area contributed by atoms with E-state index in [0.717, 1.165) is 38.4 Å². The van der Waals surface area contributed by atoms with Crippen LogP contribution in [-0.4, -0.2) is 15.0 Å². The van der Waals surface area contributed by atoms with Crippen LogP contribution in [-0.2, 0) is 0 Å². The van der Waals surface area contributed by atoms with Crippen molar-refractivity contribution in [2.24, 2.45) is 0 Å². The summed E-state index contributed by atoms with van der Waals surface area (Å²) in [7, 11) is 0. The fourth-order valence-corrected chi connectivity index (χ4v) is 6.47. The second kappa shape index (κ2) is 7.44. The average Bonchev–Trinajstić information content (AvgIpc) is 3.32. The first kappa shape index (κ1) is 19.7. The quantitative estimate of drug-likeness (QED) is 0.250. The van der Waals surface area contributed by atoms with Crippen LogP contribution in [0, 0.1) is 0 Å². The minimum absolute atomic E-state index is 0.654. The summed E-state index contributed by atoms with van der Waals surface area (Å²) in [6.07, 6.45) is 1.82. The average molecular weight is 479 g/mol. The maximum absolute atomic E-state index is 5.23. The summed E-state index contributed by atoms with van der Waals surface area (Å²) >= 11 is 1.72. The molecule has 4 aromatic carbocycles. The Labute approximate surface area is 211 Å². The Hall–Kier alpha value is -4.61. The van der Waals surface area contributed by atoms with E-state index in [-0.39, 0.29) is 0 Å². The third-order valence-corrected chi connectivity index (χ3v) is 8.04. The molecule has 0 radical (unpaired) electrons. The van der Waals surface area contributed by atoms with Crippen LogP contribution in [0.2, 0.25) is 0 Å². The maximum atomic E-state index is 5.23. The van der Waals surface area contributed by atoms with Gasteiger partial charge in [-0.3, -0.25) is 9.88 Å². The summed E-state index contributed by atoms with van der Waals surface area (Å²) in [6, 6.07) is 35.9. The van der Waals surface area contributed by atoms with Gasteiger partial charge in [0.25, 0.3) is 0 Å². The van der Waals surface area contributed by atoms with Crippen molar-refractivity contribution in [2.45, 2.75) is 0 Å². The Morgan fingerprint density at radius 1 is 0.639 bits per heavy atom. The number of aromatic nitrogens is 3.